The van der Waals surface area contributed by atoms with Crippen molar-refractivity contribution in [3.05, 3.63) is 23.8 Å². The van der Waals surface area contributed by atoms with E-state index in [0.29, 0.717) is 26.4 Å². The number of rotatable bonds is 6. The van der Waals surface area contributed by atoms with Gasteiger partial charge in [-0.05, 0) is 24.1 Å². The van der Waals surface area contributed by atoms with Crippen molar-refractivity contribution in [2.75, 3.05) is 46.1 Å². The fourth-order valence-electron chi connectivity index (χ4n) is 2.97. The Morgan fingerprint density at radius 3 is 2.92 bits per heavy atom. The summed E-state index contributed by atoms with van der Waals surface area (Å²) in [5, 5.41) is 11.4. The Bertz CT molecular complexity index is 566. The van der Waals surface area contributed by atoms with E-state index < -0.39 is 6.61 Å². The van der Waals surface area contributed by atoms with E-state index in [-0.39, 0.29) is 12.0 Å². The van der Waals surface area contributed by atoms with Crippen molar-refractivity contribution < 1.29 is 24.1 Å². The fourth-order valence-corrected chi connectivity index (χ4v) is 2.97. The SMILES string of the molecule is O=C(CO)NCCC1CN(Cc2ccc3c(c2)OCCO3)CCO1. The average Bonchev–Trinajstić information content (AvgIpc) is 2.62. The summed E-state index contributed by atoms with van der Waals surface area (Å²) in [5.41, 5.74) is 1.19. The predicted molar refractivity (Wildman–Crippen MR) is 87.2 cm³/mol. The number of hydrogen-bond donors (Lipinski definition) is 2. The second-order valence-electron chi connectivity index (χ2n) is 6.00. The quantitative estimate of drug-likeness (QED) is 0.770. The Kier molecular flexibility index (Phi) is 5.90. The molecule has 0 bridgehead atoms. The monoisotopic (exact) mass is 336 g/mol. The minimum absolute atomic E-state index is 0.0925. The van der Waals surface area contributed by atoms with Gasteiger partial charge in [-0.2, -0.15) is 0 Å². The van der Waals surface area contributed by atoms with Gasteiger partial charge in [0.15, 0.2) is 11.5 Å². The summed E-state index contributed by atoms with van der Waals surface area (Å²) < 4.78 is 16.9. The lowest BCUT2D eigenvalue weighted by Gasteiger charge is -2.33. The molecule has 1 aromatic rings. The summed E-state index contributed by atoms with van der Waals surface area (Å²) in [4.78, 5) is 13.4. The molecule has 1 saturated heterocycles. The summed E-state index contributed by atoms with van der Waals surface area (Å²) in [7, 11) is 0. The van der Waals surface area contributed by atoms with Gasteiger partial charge < -0.3 is 24.6 Å². The van der Waals surface area contributed by atoms with E-state index >= 15 is 0 Å². The lowest BCUT2D eigenvalue weighted by Crippen LogP contribution is -2.43. The summed E-state index contributed by atoms with van der Waals surface area (Å²) in [6.07, 6.45) is 0.832. The molecule has 1 amide bonds. The Labute approximate surface area is 141 Å². The van der Waals surface area contributed by atoms with Gasteiger partial charge in [0, 0.05) is 26.2 Å². The number of carbonyl (C=O) groups is 1. The molecular weight excluding hydrogens is 312 g/mol. The van der Waals surface area contributed by atoms with Crippen LogP contribution in [0.15, 0.2) is 18.2 Å². The molecular formula is C17H24N2O5. The topological polar surface area (TPSA) is 80.3 Å². The number of nitrogens with zero attached hydrogens (tertiary/aromatic N) is 1. The van der Waals surface area contributed by atoms with Crippen molar-refractivity contribution in [3.63, 3.8) is 0 Å². The van der Waals surface area contributed by atoms with E-state index in [9.17, 15) is 4.79 Å². The molecule has 0 aromatic heterocycles. The molecule has 0 radical (unpaired) electrons. The first-order valence-corrected chi connectivity index (χ1v) is 8.34. The van der Waals surface area contributed by atoms with E-state index in [0.717, 1.165) is 37.6 Å². The first-order chi connectivity index (χ1) is 11.7. The Hall–Kier alpha value is -1.83. The molecule has 3 rings (SSSR count). The Morgan fingerprint density at radius 2 is 2.08 bits per heavy atom. The van der Waals surface area contributed by atoms with Crippen LogP contribution in [0.3, 0.4) is 0 Å². The zero-order chi connectivity index (χ0) is 16.8. The molecule has 1 unspecified atom stereocenters. The van der Waals surface area contributed by atoms with Crippen molar-refractivity contribution in [3.8, 4) is 11.5 Å². The lowest BCUT2D eigenvalue weighted by molar-refractivity contribution is -0.124. The lowest BCUT2D eigenvalue weighted by atomic mass is 10.1. The summed E-state index contributed by atoms with van der Waals surface area (Å²) in [6, 6.07) is 6.08. The van der Waals surface area contributed by atoms with Gasteiger partial charge in [0.2, 0.25) is 5.91 Å². The van der Waals surface area contributed by atoms with Crippen molar-refractivity contribution in [2.45, 2.75) is 19.1 Å². The molecule has 0 aliphatic carbocycles. The highest BCUT2D eigenvalue weighted by molar-refractivity contribution is 5.76. The van der Waals surface area contributed by atoms with Crippen LogP contribution in [-0.2, 0) is 16.1 Å². The van der Waals surface area contributed by atoms with Gasteiger partial charge >= 0.3 is 0 Å². The molecule has 132 valence electrons. The molecule has 1 atom stereocenters. The molecule has 0 saturated carbocycles. The minimum Gasteiger partial charge on any atom is -0.486 e. The molecule has 24 heavy (non-hydrogen) atoms. The van der Waals surface area contributed by atoms with E-state index in [2.05, 4.69) is 16.3 Å². The van der Waals surface area contributed by atoms with Crippen LogP contribution in [-0.4, -0.2) is 68.1 Å². The predicted octanol–water partition coefficient (Wildman–Crippen LogP) is 0.157. The third-order valence-electron chi connectivity index (χ3n) is 4.17. The van der Waals surface area contributed by atoms with Crippen LogP contribution in [0.4, 0.5) is 0 Å². The van der Waals surface area contributed by atoms with Crippen LogP contribution < -0.4 is 14.8 Å². The van der Waals surface area contributed by atoms with Crippen LogP contribution in [0, 0.1) is 0 Å². The minimum atomic E-state index is -0.470. The number of amides is 1. The number of benzene rings is 1. The van der Waals surface area contributed by atoms with Crippen LogP contribution >= 0.6 is 0 Å². The third kappa shape index (κ3) is 4.59. The van der Waals surface area contributed by atoms with Crippen LogP contribution in [0.2, 0.25) is 0 Å². The molecule has 0 spiro atoms. The standard InChI is InChI=1S/C17H24N2O5/c20-12-17(21)18-4-3-14-11-19(5-6-22-14)10-13-1-2-15-16(9-13)24-8-7-23-15/h1-2,9,14,20H,3-8,10-12H2,(H,18,21). The van der Waals surface area contributed by atoms with Gasteiger partial charge in [-0.1, -0.05) is 6.07 Å². The maximum atomic E-state index is 11.0. The summed E-state index contributed by atoms with van der Waals surface area (Å²) >= 11 is 0. The van der Waals surface area contributed by atoms with Gasteiger partial charge in [-0.25, -0.2) is 0 Å². The van der Waals surface area contributed by atoms with Gasteiger partial charge in [0.1, 0.15) is 19.8 Å². The van der Waals surface area contributed by atoms with Gasteiger partial charge in [0.25, 0.3) is 0 Å². The largest absolute Gasteiger partial charge is 0.486 e. The fraction of sp³-hybridized carbons (Fsp3) is 0.588. The van der Waals surface area contributed by atoms with Crippen molar-refractivity contribution in [1.82, 2.24) is 10.2 Å². The molecule has 2 aliphatic rings. The van der Waals surface area contributed by atoms with E-state index in [1.54, 1.807) is 0 Å². The van der Waals surface area contributed by atoms with Crippen molar-refractivity contribution in [2.24, 2.45) is 0 Å². The normalized spacial score (nSPS) is 20.6. The van der Waals surface area contributed by atoms with Crippen molar-refractivity contribution >= 4 is 5.91 Å². The molecule has 2 heterocycles. The summed E-state index contributed by atoms with van der Waals surface area (Å²) in [6.45, 7) is 4.46. The third-order valence-corrected chi connectivity index (χ3v) is 4.17. The van der Waals surface area contributed by atoms with Crippen LogP contribution in [0.1, 0.15) is 12.0 Å². The number of ether oxygens (including phenoxy) is 3. The van der Waals surface area contributed by atoms with Crippen molar-refractivity contribution in [1.29, 1.82) is 0 Å². The summed E-state index contributed by atoms with van der Waals surface area (Å²) in [5.74, 6) is 1.28. The molecule has 2 N–H and O–H groups in total. The number of nitrogens with one attached hydrogen (secondary N) is 1. The van der Waals surface area contributed by atoms with Gasteiger partial charge in [-0.3, -0.25) is 9.69 Å². The molecule has 7 nitrogen and oxygen atoms in total. The van der Waals surface area contributed by atoms with E-state index in [1.165, 1.54) is 5.56 Å². The molecule has 1 aromatic carbocycles. The molecule has 1 fully saturated rings. The second kappa shape index (κ2) is 8.32. The Morgan fingerprint density at radius 1 is 1.25 bits per heavy atom. The van der Waals surface area contributed by atoms with Crippen LogP contribution in [0.5, 0.6) is 11.5 Å². The number of morpholine rings is 1. The van der Waals surface area contributed by atoms with Gasteiger partial charge in [0.05, 0.1) is 12.7 Å². The molecule has 7 heteroatoms. The number of carbonyl (C=O) groups excluding carboxylic acids is 1. The first-order valence-electron chi connectivity index (χ1n) is 8.34. The number of hydrogen-bond acceptors (Lipinski definition) is 6. The maximum absolute atomic E-state index is 11.0. The van der Waals surface area contributed by atoms with Gasteiger partial charge in [-0.15, -0.1) is 0 Å². The smallest absolute Gasteiger partial charge is 0.245 e. The number of aliphatic hydroxyl groups is 1. The number of fused-ring (bicyclic) bond motifs is 1. The highest BCUT2D eigenvalue weighted by atomic mass is 16.6. The average molecular weight is 336 g/mol. The van der Waals surface area contributed by atoms with Crippen LogP contribution in [0.25, 0.3) is 0 Å². The van der Waals surface area contributed by atoms with E-state index in [4.69, 9.17) is 19.3 Å². The van der Waals surface area contributed by atoms with E-state index in [1.807, 2.05) is 12.1 Å². The maximum Gasteiger partial charge on any atom is 0.245 e. The zero-order valence-electron chi connectivity index (χ0n) is 13.7. The molecule has 2 aliphatic heterocycles. The number of aliphatic hydroxyl groups excluding tert-OH is 1. The first kappa shape index (κ1) is 17.0. The highest BCUT2D eigenvalue weighted by Crippen LogP contribution is 2.31. The zero-order valence-corrected chi connectivity index (χ0v) is 13.7. The second-order valence-corrected chi connectivity index (χ2v) is 6.00. The Balaban J connectivity index is 1.49. The highest BCUT2D eigenvalue weighted by Gasteiger charge is 2.21.